The first-order chi connectivity index (χ1) is 13.6. The van der Waals surface area contributed by atoms with E-state index in [0.717, 1.165) is 27.6 Å². The Hall–Kier alpha value is -3.11. The number of fused-ring (bicyclic) bond motifs is 1. The third-order valence-corrected chi connectivity index (χ3v) is 6.88. The topological polar surface area (TPSA) is 49.9 Å². The van der Waals surface area contributed by atoms with Crippen LogP contribution in [0.3, 0.4) is 0 Å². The SMILES string of the molecule is Cc1ccc(S(=O)(=O)C(/C=C/c2ccccc2)c2c[nH]c3ccccc23)cc1. The van der Waals surface area contributed by atoms with Gasteiger partial charge in [0.2, 0.25) is 0 Å². The van der Waals surface area contributed by atoms with Crippen LogP contribution in [0.2, 0.25) is 0 Å². The fourth-order valence-corrected chi connectivity index (χ4v) is 4.96. The maximum atomic E-state index is 13.5. The van der Waals surface area contributed by atoms with Crippen LogP contribution in [0, 0.1) is 6.92 Å². The maximum Gasteiger partial charge on any atom is 0.189 e. The van der Waals surface area contributed by atoms with Crippen molar-refractivity contribution in [3.05, 3.63) is 108 Å². The van der Waals surface area contributed by atoms with Gasteiger partial charge in [-0.1, -0.05) is 78.4 Å². The molecule has 0 fully saturated rings. The number of aryl methyl sites for hydroxylation is 1. The van der Waals surface area contributed by atoms with Crippen molar-refractivity contribution >= 4 is 26.8 Å². The largest absolute Gasteiger partial charge is 0.361 e. The normalized spacial score (nSPS) is 13.2. The van der Waals surface area contributed by atoms with Gasteiger partial charge in [0.25, 0.3) is 0 Å². The van der Waals surface area contributed by atoms with Crippen molar-refractivity contribution in [3.8, 4) is 0 Å². The minimum Gasteiger partial charge on any atom is -0.361 e. The zero-order chi connectivity index (χ0) is 19.6. The van der Waals surface area contributed by atoms with E-state index in [1.807, 2.05) is 79.7 Å². The second-order valence-corrected chi connectivity index (χ2v) is 8.91. The molecule has 0 radical (unpaired) electrons. The third kappa shape index (κ3) is 3.51. The van der Waals surface area contributed by atoms with Crippen LogP contribution in [0.1, 0.15) is 21.9 Å². The summed E-state index contributed by atoms with van der Waals surface area (Å²) in [6.45, 7) is 1.95. The number of aromatic amines is 1. The molecule has 4 aromatic rings. The Morgan fingerprint density at radius 2 is 1.54 bits per heavy atom. The van der Waals surface area contributed by atoms with Gasteiger partial charge in [-0.25, -0.2) is 8.42 Å². The molecule has 0 aliphatic carbocycles. The van der Waals surface area contributed by atoms with Crippen LogP contribution in [0.25, 0.3) is 17.0 Å². The second kappa shape index (κ2) is 7.49. The highest BCUT2D eigenvalue weighted by Gasteiger charge is 2.29. The summed E-state index contributed by atoms with van der Waals surface area (Å²) in [4.78, 5) is 3.53. The standard InChI is InChI=1S/C24H21NO2S/c1-18-11-14-20(15-12-18)28(26,27)24(16-13-19-7-3-2-4-8-19)22-17-25-23-10-6-5-9-21(22)23/h2-17,24-25H,1H3/b16-13+. The first kappa shape index (κ1) is 18.3. The van der Waals surface area contributed by atoms with Gasteiger partial charge in [0.15, 0.2) is 9.84 Å². The predicted octanol–water partition coefficient (Wildman–Crippen LogP) is 5.70. The Balaban J connectivity index is 1.86. The van der Waals surface area contributed by atoms with Crippen LogP contribution in [0.15, 0.2) is 96.0 Å². The summed E-state index contributed by atoms with van der Waals surface area (Å²) in [5, 5.41) is 0.132. The molecule has 1 unspecified atom stereocenters. The molecule has 0 spiro atoms. The summed E-state index contributed by atoms with van der Waals surface area (Å²) >= 11 is 0. The van der Waals surface area contributed by atoms with Crippen molar-refractivity contribution < 1.29 is 8.42 Å². The van der Waals surface area contributed by atoms with Gasteiger partial charge in [0.05, 0.1) is 4.90 Å². The van der Waals surface area contributed by atoms with E-state index < -0.39 is 15.1 Å². The molecule has 4 heteroatoms. The molecule has 140 valence electrons. The van der Waals surface area contributed by atoms with Gasteiger partial charge in [-0.2, -0.15) is 0 Å². The van der Waals surface area contributed by atoms with Crippen LogP contribution < -0.4 is 0 Å². The Morgan fingerprint density at radius 1 is 0.857 bits per heavy atom. The van der Waals surface area contributed by atoms with Gasteiger partial charge in [0, 0.05) is 17.1 Å². The molecule has 3 aromatic carbocycles. The van der Waals surface area contributed by atoms with Gasteiger partial charge < -0.3 is 4.98 Å². The average molecular weight is 388 g/mol. The summed E-state index contributed by atoms with van der Waals surface area (Å²) in [6.07, 6.45) is 5.45. The molecule has 0 saturated heterocycles. The molecule has 1 aromatic heterocycles. The highest BCUT2D eigenvalue weighted by atomic mass is 32.2. The summed E-state index contributed by atoms with van der Waals surface area (Å²) in [7, 11) is -3.61. The first-order valence-corrected chi connectivity index (χ1v) is 10.7. The number of hydrogen-bond acceptors (Lipinski definition) is 2. The van der Waals surface area contributed by atoms with E-state index in [0.29, 0.717) is 4.90 Å². The summed E-state index contributed by atoms with van der Waals surface area (Å²) < 4.78 is 27.1. The fourth-order valence-electron chi connectivity index (χ4n) is 3.34. The van der Waals surface area contributed by atoms with Crippen molar-refractivity contribution in [2.24, 2.45) is 0 Å². The molecule has 3 nitrogen and oxygen atoms in total. The Kier molecular flexibility index (Phi) is 4.88. The monoisotopic (exact) mass is 387 g/mol. The van der Waals surface area contributed by atoms with E-state index in [1.54, 1.807) is 24.4 Å². The van der Waals surface area contributed by atoms with Gasteiger partial charge in [-0.3, -0.25) is 0 Å². The molecule has 4 rings (SSSR count). The minimum absolute atomic E-state index is 0.325. The van der Waals surface area contributed by atoms with Crippen molar-refractivity contribution in [3.63, 3.8) is 0 Å². The maximum absolute atomic E-state index is 13.5. The lowest BCUT2D eigenvalue weighted by Gasteiger charge is -2.14. The smallest absolute Gasteiger partial charge is 0.189 e. The average Bonchev–Trinajstić information content (AvgIpc) is 3.13. The van der Waals surface area contributed by atoms with Crippen LogP contribution in [-0.2, 0) is 9.84 Å². The predicted molar refractivity (Wildman–Crippen MR) is 115 cm³/mol. The number of para-hydroxylation sites is 1. The highest BCUT2D eigenvalue weighted by molar-refractivity contribution is 7.91. The van der Waals surface area contributed by atoms with Crippen molar-refractivity contribution in [1.29, 1.82) is 0 Å². The highest BCUT2D eigenvalue weighted by Crippen LogP contribution is 2.35. The third-order valence-electron chi connectivity index (χ3n) is 4.87. The van der Waals surface area contributed by atoms with Crippen LogP contribution >= 0.6 is 0 Å². The Bertz CT molecular complexity index is 1220. The molecule has 0 aliphatic rings. The molecular formula is C24H21NO2S. The number of H-pyrrole nitrogens is 1. The quantitative estimate of drug-likeness (QED) is 0.477. The second-order valence-electron chi connectivity index (χ2n) is 6.84. The van der Waals surface area contributed by atoms with Gasteiger partial charge in [-0.15, -0.1) is 0 Å². The Labute approximate surface area is 165 Å². The number of sulfone groups is 1. The minimum atomic E-state index is -3.61. The molecule has 28 heavy (non-hydrogen) atoms. The number of hydrogen-bond donors (Lipinski definition) is 1. The van der Waals surface area contributed by atoms with E-state index >= 15 is 0 Å². The van der Waals surface area contributed by atoms with Crippen molar-refractivity contribution in [1.82, 2.24) is 4.98 Å². The number of nitrogens with one attached hydrogen (secondary N) is 1. The van der Waals surface area contributed by atoms with Crippen molar-refractivity contribution in [2.75, 3.05) is 0 Å². The van der Waals surface area contributed by atoms with E-state index in [2.05, 4.69) is 4.98 Å². The molecule has 1 N–H and O–H groups in total. The lowest BCUT2D eigenvalue weighted by Crippen LogP contribution is -2.11. The lowest BCUT2D eigenvalue weighted by atomic mass is 10.1. The van der Waals surface area contributed by atoms with Gasteiger partial charge >= 0.3 is 0 Å². The van der Waals surface area contributed by atoms with E-state index in [-0.39, 0.29) is 0 Å². The van der Waals surface area contributed by atoms with Crippen LogP contribution in [0.4, 0.5) is 0 Å². The number of benzene rings is 3. The summed E-state index contributed by atoms with van der Waals surface area (Å²) in [6, 6.07) is 24.5. The van der Waals surface area contributed by atoms with Crippen LogP contribution in [0.5, 0.6) is 0 Å². The zero-order valence-electron chi connectivity index (χ0n) is 15.5. The van der Waals surface area contributed by atoms with E-state index in [1.165, 1.54) is 0 Å². The lowest BCUT2D eigenvalue weighted by molar-refractivity contribution is 0.590. The fraction of sp³-hybridized carbons (Fsp3) is 0.0833. The molecule has 1 atom stereocenters. The molecule has 0 amide bonds. The van der Waals surface area contributed by atoms with Crippen LogP contribution in [-0.4, -0.2) is 13.4 Å². The van der Waals surface area contributed by atoms with E-state index in [9.17, 15) is 8.42 Å². The van der Waals surface area contributed by atoms with Gasteiger partial charge in [0.1, 0.15) is 5.25 Å². The molecular weight excluding hydrogens is 366 g/mol. The van der Waals surface area contributed by atoms with Gasteiger partial charge in [-0.05, 0) is 36.2 Å². The zero-order valence-corrected chi connectivity index (χ0v) is 16.4. The summed E-state index contributed by atoms with van der Waals surface area (Å²) in [5.74, 6) is 0. The first-order valence-electron chi connectivity index (χ1n) is 9.15. The number of rotatable bonds is 5. The summed E-state index contributed by atoms with van der Waals surface area (Å²) in [5.41, 5.74) is 3.67. The number of aromatic nitrogens is 1. The molecule has 0 saturated carbocycles. The molecule has 0 bridgehead atoms. The Morgan fingerprint density at radius 3 is 2.29 bits per heavy atom. The van der Waals surface area contributed by atoms with E-state index in [4.69, 9.17) is 0 Å². The molecule has 0 aliphatic heterocycles. The van der Waals surface area contributed by atoms with Crippen molar-refractivity contribution in [2.45, 2.75) is 17.1 Å². The molecule has 1 heterocycles.